The predicted molar refractivity (Wildman–Crippen MR) is 75.7 cm³/mol. The maximum atomic E-state index is 11.9. The van der Waals surface area contributed by atoms with Crippen LogP contribution in [0, 0.1) is 6.92 Å². The van der Waals surface area contributed by atoms with Crippen LogP contribution in [0.1, 0.15) is 5.56 Å². The van der Waals surface area contributed by atoms with E-state index in [-0.39, 0.29) is 13.1 Å². The molecule has 0 saturated carbocycles. The smallest absolute Gasteiger partial charge is 0.331 e. The highest BCUT2D eigenvalue weighted by molar-refractivity contribution is 5.91. The second kappa shape index (κ2) is 6.44. The molecule has 22 heavy (non-hydrogen) atoms. The van der Waals surface area contributed by atoms with Gasteiger partial charge in [-0.25, -0.2) is 9.59 Å². The Bertz CT molecular complexity index is 615. The second-order valence-corrected chi connectivity index (χ2v) is 4.94. The molecule has 1 atom stereocenters. The number of aliphatic hydroxyl groups is 1. The molecule has 118 valence electrons. The number of hydrogen-bond donors (Lipinski definition) is 3. The highest BCUT2D eigenvalue weighted by Crippen LogP contribution is 2.32. The number of nitrogens with zero attached hydrogens (tertiary/aromatic N) is 1. The van der Waals surface area contributed by atoms with Crippen LogP contribution in [0.4, 0.5) is 5.69 Å². The predicted octanol–water partition coefficient (Wildman–Crippen LogP) is -0.718. The summed E-state index contributed by atoms with van der Waals surface area (Å²) >= 11 is 0. The monoisotopic (exact) mass is 308 g/mol. The number of fused-ring (bicyclic) bond motifs is 1. The van der Waals surface area contributed by atoms with Crippen LogP contribution in [0.15, 0.2) is 18.2 Å². The summed E-state index contributed by atoms with van der Waals surface area (Å²) < 4.78 is 5.12. The lowest BCUT2D eigenvalue weighted by molar-refractivity contribution is -0.142. The molecule has 2 rings (SSSR count). The molecule has 1 aromatic carbocycles. The van der Waals surface area contributed by atoms with Crippen molar-refractivity contribution in [2.45, 2.75) is 13.0 Å². The van der Waals surface area contributed by atoms with Gasteiger partial charge in [0, 0.05) is 0 Å². The van der Waals surface area contributed by atoms with E-state index in [4.69, 9.17) is 14.9 Å². The van der Waals surface area contributed by atoms with Crippen molar-refractivity contribution < 1.29 is 29.3 Å². The first-order valence-corrected chi connectivity index (χ1v) is 6.60. The van der Waals surface area contributed by atoms with Gasteiger partial charge >= 0.3 is 11.9 Å². The fourth-order valence-electron chi connectivity index (χ4n) is 2.10. The van der Waals surface area contributed by atoms with Crippen LogP contribution in [0.25, 0.3) is 0 Å². The number of aliphatic carboxylic acids is 1. The van der Waals surface area contributed by atoms with E-state index in [1.807, 2.05) is 13.0 Å². The molecule has 0 spiro atoms. The number of ether oxygens (including phenoxy) is 1. The molecule has 1 heterocycles. The van der Waals surface area contributed by atoms with Gasteiger partial charge in [-0.1, -0.05) is 6.07 Å². The Labute approximate surface area is 126 Å². The first-order chi connectivity index (χ1) is 10.4. The number of benzene rings is 1. The maximum absolute atomic E-state index is 11.9. The van der Waals surface area contributed by atoms with Crippen LogP contribution >= 0.6 is 0 Å². The van der Waals surface area contributed by atoms with Gasteiger partial charge < -0.3 is 25.2 Å². The quantitative estimate of drug-likeness (QED) is 0.485. The molecule has 0 fully saturated rings. The summed E-state index contributed by atoms with van der Waals surface area (Å²) in [4.78, 5) is 35.8. The fourth-order valence-corrected chi connectivity index (χ4v) is 2.10. The normalized spacial score (nSPS) is 14.8. The molecule has 1 aliphatic rings. The first-order valence-electron chi connectivity index (χ1n) is 6.60. The van der Waals surface area contributed by atoms with E-state index in [0.29, 0.717) is 11.4 Å². The van der Waals surface area contributed by atoms with Crippen LogP contribution in [0.5, 0.6) is 5.75 Å². The van der Waals surface area contributed by atoms with Gasteiger partial charge in [-0.3, -0.25) is 4.79 Å². The molecule has 0 saturated heterocycles. The number of carbonyl (C=O) groups is 3. The molecule has 1 unspecified atom stereocenters. The number of esters is 1. The van der Waals surface area contributed by atoms with E-state index in [2.05, 4.69) is 5.32 Å². The van der Waals surface area contributed by atoms with Gasteiger partial charge in [0.25, 0.3) is 0 Å². The number of aliphatic hydroxyl groups excluding tert-OH is 1. The van der Waals surface area contributed by atoms with Crippen molar-refractivity contribution in [2.75, 3.05) is 24.6 Å². The van der Waals surface area contributed by atoms with Gasteiger partial charge in [-0.05, 0) is 24.6 Å². The number of amides is 1. The van der Waals surface area contributed by atoms with E-state index in [0.717, 1.165) is 5.56 Å². The number of anilines is 1. The van der Waals surface area contributed by atoms with Gasteiger partial charge in [-0.15, -0.1) is 0 Å². The Morgan fingerprint density at radius 1 is 1.45 bits per heavy atom. The Hall–Kier alpha value is -2.61. The van der Waals surface area contributed by atoms with E-state index in [1.54, 1.807) is 12.1 Å². The molecule has 1 aromatic rings. The Balaban J connectivity index is 2.12. The number of aryl methyl sites for hydroxylation is 1. The first kappa shape index (κ1) is 15.8. The van der Waals surface area contributed by atoms with E-state index < -0.39 is 30.5 Å². The van der Waals surface area contributed by atoms with Gasteiger partial charge in [0.15, 0.2) is 5.75 Å². The molecule has 0 aliphatic carbocycles. The SMILES string of the molecule is Cc1ccc2c(c1)OC(=O)CN2CC(=O)NC(CO)C(=O)O. The standard InChI is InChI=1S/C14H16N2O6/c1-8-2-3-10-11(4-8)22-13(19)6-16(10)5-12(18)15-9(7-17)14(20)21/h2-4,9,17H,5-7H2,1H3,(H,15,18)(H,20,21). The van der Waals surface area contributed by atoms with Gasteiger partial charge in [0.2, 0.25) is 5.91 Å². The molecular formula is C14H16N2O6. The number of carboxylic acid groups (broad SMARTS) is 1. The summed E-state index contributed by atoms with van der Waals surface area (Å²) in [6.07, 6.45) is 0. The minimum Gasteiger partial charge on any atom is -0.480 e. The lowest BCUT2D eigenvalue weighted by Gasteiger charge is -2.29. The topological polar surface area (TPSA) is 116 Å². The van der Waals surface area contributed by atoms with Crippen molar-refractivity contribution in [3.8, 4) is 5.75 Å². The average Bonchev–Trinajstić information content (AvgIpc) is 2.43. The van der Waals surface area contributed by atoms with Crippen LogP contribution in [0.2, 0.25) is 0 Å². The highest BCUT2D eigenvalue weighted by Gasteiger charge is 2.27. The lowest BCUT2D eigenvalue weighted by atomic mass is 10.1. The fraction of sp³-hybridized carbons (Fsp3) is 0.357. The lowest BCUT2D eigenvalue weighted by Crippen LogP contribution is -2.49. The summed E-state index contributed by atoms with van der Waals surface area (Å²) in [6.45, 7) is 0.812. The molecule has 8 nitrogen and oxygen atoms in total. The van der Waals surface area contributed by atoms with Crippen molar-refractivity contribution in [3.63, 3.8) is 0 Å². The summed E-state index contributed by atoms with van der Waals surface area (Å²) in [7, 11) is 0. The zero-order valence-corrected chi connectivity index (χ0v) is 11.9. The van der Waals surface area contributed by atoms with Crippen LogP contribution in [0.3, 0.4) is 0 Å². The zero-order valence-electron chi connectivity index (χ0n) is 11.9. The van der Waals surface area contributed by atoms with Crippen molar-refractivity contribution in [1.29, 1.82) is 0 Å². The molecule has 0 radical (unpaired) electrons. The molecule has 3 N–H and O–H groups in total. The van der Waals surface area contributed by atoms with Crippen molar-refractivity contribution >= 4 is 23.5 Å². The Morgan fingerprint density at radius 2 is 2.18 bits per heavy atom. The van der Waals surface area contributed by atoms with Crippen LogP contribution < -0.4 is 15.0 Å². The third kappa shape index (κ3) is 3.53. The average molecular weight is 308 g/mol. The highest BCUT2D eigenvalue weighted by atomic mass is 16.5. The van der Waals surface area contributed by atoms with E-state index >= 15 is 0 Å². The van der Waals surface area contributed by atoms with Crippen molar-refractivity contribution in [1.82, 2.24) is 5.32 Å². The molecule has 8 heteroatoms. The van der Waals surface area contributed by atoms with E-state index in [9.17, 15) is 14.4 Å². The van der Waals surface area contributed by atoms with Crippen LogP contribution in [-0.4, -0.2) is 53.8 Å². The summed E-state index contributed by atoms with van der Waals surface area (Å²) in [5.41, 5.74) is 1.49. The zero-order chi connectivity index (χ0) is 16.3. The molecule has 1 amide bonds. The molecule has 0 aromatic heterocycles. The third-order valence-corrected chi connectivity index (χ3v) is 3.15. The Kier molecular flexibility index (Phi) is 4.62. The minimum absolute atomic E-state index is 0.111. The summed E-state index contributed by atoms with van der Waals surface area (Å²) in [5, 5.41) is 19.9. The van der Waals surface area contributed by atoms with E-state index in [1.165, 1.54) is 4.90 Å². The number of rotatable bonds is 5. The Morgan fingerprint density at radius 3 is 2.82 bits per heavy atom. The third-order valence-electron chi connectivity index (χ3n) is 3.15. The van der Waals surface area contributed by atoms with Crippen molar-refractivity contribution in [2.24, 2.45) is 0 Å². The maximum Gasteiger partial charge on any atom is 0.331 e. The number of hydrogen-bond acceptors (Lipinski definition) is 6. The molecule has 0 bridgehead atoms. The van der Waals surface area contributed by atoms with Crippen molar-refractivity contribution in [3.05, 3.63) is 23.8 Å². The largest absolute Gasteiger partial charge is 0.480 e. The van der Waals surface area contributed by atoms with Gasteiger partial charge in [0.1, 0.15) is 12.6 Å². The van der Waals surface area contributed by atoms with Gasteiger partial charge in [-0.2, -0.15) is 0 Å². The molecular weight excluding hydrogens is 292 g/mol. The number of nitrogens with one attached hydrogen (secondary N) is 1. The number of carbonyl (C=O) groups excluding carboxylic acids is 2. The summed E-state index contributed by atoms with van der Waals surface area (Å²) in [6, 6.07) is 3.86. The summed E-state index contributed by atoms with van der Waals surface area (Å²) in [5.74, 6) is -2.07. The second-order valence-electron chi connectivity index (χ2n) is 4.94. The number of carboxylic acids is 1. The molecule has 1 aliphatic heterocycles. The minimum atomic E-state index is -1.37. The van der Waals surface area contributed by atoms with Crippen LogP contribution in [-0.2, 0) is 14.4 Å². The van der Waals surface area contributed by atoms with Gasteiger partial charge in [0.05, 0.1) is 18.8 Å².